The maximum absolute atomic E-state index is 13.0. The zero-order chi connectivity index (χ0) is 21.5. The number of imidazole rings is 1. The highest BCUT2D eigenvalue weighted by Gasteiger charge is 2.46. The molecule has 30 heavy (non-hydrogen) atoms. The van der Waals surface area contributed by atoms with E-state index in [1.807, 2.05) is 13.8 Å². The molecule has 2 aromatic heterocycles. The van der Waals surface area contributed by atoms with Gasteiger partial charge in [0, 0.05) is 18.5 Å². The van der Waals surface area contributed by atoms with Crippen LogP contribution < -0.4 is 11.2 Å². The van der Waals surface area contributed by atoms with Crippen molar-refractivity contribution in [1.82, 2.24) is 19.1 Å². The highest BCUT2D eigenvalue weighted by atomic mass is 16.7. The fourth-order valence-corrected chi connectivity index (χ4v) is 5.39. The van der Waals surface area contributed by atoms with Gasteiger partial charge in [-0.1, -0.05) is 13.8 Å². The van der Waals surface area contributed by atoms with Crippen molar-refractivity contribution >= 4 is 17.3 Å². The van der Waals surface area contributed by atoms with Gasteiger partial charge < -0.3 is 14.8 Å². The van der Waals surface area contributed by atoms with Crippen LogP contribution in [-0.4, -0.2) is 36.5 Å². The second-order valence-electron chi connectivity index (χ2n) is 8.84. The van der Waals surface area contributed by atoms with Crippen molar-refractivity contribution in [2.24, 2.45) is 5.92 Å². The van der Waals surface area contributed by atoms with Gasteiger partial charge in [0.15, 0.2) is 5.65 Å². The average molecular weight is 418 g/mol. The Bertz CT molecular complexity index is 1060. The Balaban J connectivity index is 1.85. The molecule has 2 N–H and O–H groups in total. The summed E-state index contributed by atoms with van der Waals surface area (Å²) in [5.41, 5.74) is -0.238. The molecule has 1 unspecified atom stereocenters. The Labute approximate surface area is 174 Å². The van der Waals surface area contributed by atoms with Crippen LogP contribution in [0.4, 0.5) is 4.79 Å². The lowest BCUT2D eigenvalue weighted by molar-refractivity contribution is 0.0369. The molecule has 0 spiro atoms. The summed E-state index contributed by atoms with van der Waals surface area (Å²) in [6.07, 6.45) is 4.82. The first-order valence-corrected chi connectivity index (χ1v) is 11.0. The van der Waals surface area contributed by atoms with E-state index in [1.165, 1.54) is 4.57 Å². The number of aromatic amines is 1. The molecule has 3 saturated carbocycles. The summed E-state index contributed by atoms with van der Waals surface area (Å²) in [4.78, 5) is 45.2. The third kappa shape index (κ3) is 3.44. The summed E-state index contributed by atoms with van der Waals surface area (Å²) in [6, 6.07) is 0. The van der Waals surface area contributed by atoms with Gasteiger partial charge >= 0.3 is 11.8 Å². The van der Waals surface area contributed by atoms with Crippen LogP contribution in [-0.2, 0) is 23.2 Å². The Kier molecular flexibility index (Phi) is 5.46. The highest BCUT2D eigenvalue weighted by Crippen LogP contribution is 2.49. The van der Waals surface area contributed by atoms with E-state index in [-0.39, 0.29) is 22.8 Å². The largest absolute Gasteiger partial charge is 0.506 e. The molecule has 9 heteroatoms. The second-order valence-corrected chi connectivity index (χ2v) is 8.84. The summed E-state index contributed by atoms with van der Waals surface area (Å²) in [6.45, 7) is 4.78. The molecule has 9 nitrogen and oxygen atoms in total. The third-order valence-corrected chi connectivity index (χ3v) is 6.80. The Morgan fingerprint density at radius 2 is 1.87 bits per heavy atom. The number of nitrogens with zero attached hydrogens (tertiary/aromatic N) is 3. The summed E-state index contributed by atoms with van der Waals surface area (Å²) >= 11 is 0. The number of H-pyrrole nitrogens is 1. The van der Waals surface area contributed by atoms with Crippen molar-refractivity contribution in [2.45, 2.75) is 89.8 Å². The predicted octanol–water partition coefficient (Wildman–Crippen LogP) is 2.99. The molecule has 3 fully saturated rings. The first-order chi connectivity index (χ1) is 14.4. The molecule has 2 heterocycles. The zero-order valence-electron chi connectivity index (χ0n) is 17.6. The predicted molar refractivity (Wildman–Crippen MR) is 111 cm³/mol. The van der Waals surface area contributed by atoms with E-state index in [0.717, 1.165) is 38.5 Å². The monoisotopic (exact) mass is 418 g/mol. The van der Waals surface area contributed by atoms with E-state index in [2.05, 4.69) is 4.98 Å². The molecule has 1 atom stereocenters. The highest BCUT2D eigenvalue weighted by molar-refractivity contribution is 5.70. The lowest BCUT2D eigenvalue weighted by Crippen LogP contribution is -2.40. The fraction of sp³-hybridized carbons (Fsp3) is 0.714. The van der Waals surface area contributed by atoms with Crippen molar-refractivity contribution < 1.29 is 14.6 Å². The van der Waals surface area contributed by atoms with Crippen LogP contribution in [0, 0.1) is 5.92 Å². The van der Waals surface area contributed by atoms with Crippen LogP contribution in [0.1, 0.15) is 71.0 Å². The molecule has 3 aliphatic rings. The van der Waals surface area contributed by atoms with E-state index in [4.69, 9.17) is 14.8 Å². The van der Waals surface area contributed by atoms with Crippen molar-refractivity contribution in [2.75, 3.05) is 0 Å². The molecule has 0 amide bonds. The number of hydrogen-bond acceptors (Lipinski definition) is 5. The second kappa shape index (κ2) is 7.92. The minimum absolute atomic E-state index is 0.316. The van der Waals surface area contributed by atoms with Gasteiger partial charge in [0.2, 0.25) is 0 Å². The lowest BCUT2D eigenvalue weighted by atomic mass is 9.71. The molecule has 5 rings (SSSR count). The molecule has 2 bridgehead atoms. The minimum atomic E-state index is -1.25. The Morgan fingerprint density at radius 1 is 1.20 bits per heavy atom. The summed E-state index contributed by atoms with van der Waals surface area (Å²) in [5.74, 6) is 1.14. The van der Waals surface area contributed by atoms with Crippen LogP contribution in [0.25, 0.3) is 11.2 Å². The smallest absolute Gasteiger partial charge is 0.450 e. The average Bonchev–Trinajstić information content (AvgIpc) is 2.99. The molecule has 0 saturated heterocycles. The Morgan fingerprint density at radius 3 is 2.50 bits per heavy atom. The number of carbonyl (C=O) groups is 1. The molecular formula is C21H30N4O5. The van der Waals surface area contributed by atoms with E-state index in [0.29, 0.717) is 48.8 Å². The third-order valence-electron chi connectivity index (χ3n) is 6.80. The van der Waals surface area contributed by atoms with Crippen LogP contribution in [0.15, 0.2) is 9.59 Å². The number of rotatable bonds is 6. The first kappa shape index (κ1) is 20.7. The zero-order valence-corrected chi connectivity index (χ0v) is 17.6. The van der Waals surface area contributed by atoms with Gasteiger partial charge in [-0.25, -0.2) is 14.6 Å². The molecule has 3 aliphatic carbocycles. The van der Waals surface area contributed by atoms with Gasteiger partial charge in [-0.2, -0.15) is 0 Å². The number of aromatic nitrogens is 4. The minimum Gasteiger partial charge on any atom is -0.450 e. The van der Waals surface area contributed by atoms with E-state index >= 15 is 0 Å². The van der Waals surface area contributed by atoms with Gasteiger partial charge in [0.1, 0.15) is 17.4 Å². The molecule has 0 aliphatic heterocycles. The molecule has 2 aromatic rings. The topological polar surface area (TPSA) is 119 Å². The van der Waals surface area contributed by atoms with Gasteiger partial charge in [-0.3, -0.25) is 13.9 Å². The summed E-state index contributed by atoms with van der Waals surface area (Å²) < 4.78 is 8.07. The molecular weight excluding hydrogens is 388 g/mol. The molecule has 0 radical (unpaired) electrons. The lowest BCUT2D eigenvalue weighted by Gasteiger charge is -2.35. The number of fused-ring (bicyclic) bond motifs is 5. The van der Waals surface area contributed by atoms with Crippen LogP contribution in [0.5, 0.6) is 0 Å². The summed E-state index contributed by atoms with van der Waals surface area (Å²) in [5, 5.41) is 9.13. The van der Waals surface area contributed by atoms with Gasteiger partial charge in [-0.05, 0) is 57.3 Å². The van der Waals surface area contributed by atoms with E-state index in [9.17, 15) is 14.4 Å². The maximum Gasteiger partial charge on any atom is 0.506 e. The maximum atomic E-state index is 13.0. The number of carboxylic acid groups (broad SMARTS) is 1. The Hall–Kier alpha value is -2.58. The van der Waals surface area contributed by atoms with Crippen molar-refractivity contribution in [3.05, 3.63) is 26.7 Å². The van der Waals surface area contributed by atoms with Gasteiger partial charge in [-0.15, -0.1) is 0 Å². The van der Waals surface area contributed by atoms with Gasteiger partial charge in [0.25, 0.3) is 5.56 Å². The van der Waals surface area contributed by atoms with Crippen molar-refractivity contribution in [1.29, 1.82) is 0 Å². The number of hydrogen-bond donors (Lipinski definition) is 2. The number of aryl methyl sites for hydroxylation is 1. The normalized spacial score (nSPS) is 26.1. The quantitative estimate of drug-likeness (QED) is 0.696. The summed E-state index contributed by atoms with van der Waals surface area (Å²) in [7, 11) is 0. The standard InChI is InChI=1S/C21H30N4O5/c1-3-9-24-16-15(17(26)25(10-4-2)19(24)27)22-18(23-16)21-7-5-13(6-8-21)11-14(12-21)30-20(28)29/h13-14H,3-12H2,1-2H3,(H,22,23)(H,28,29). The van der Waals surface area contributed by atoms with E-state index in [1.54, 1.807) is 4.57 Å². The fourth-order valence-electron chi connectivity index (χ4n) is 5.39. The van der Waals surface area contributed by atoms with Gasteiger partial charge in [0.05, 0.1) is 0 Å². The first-order valence-electron chi connectivity index (χ1n) is 11.0. The SMILES string of the molecule is CCCn1c(=O)c2[nH]c(C34CCC(CC3)CC(OC(=O)O)C4)nc2n(CCC)c1=O. The number of ether oxygens (including phenoxy) is 1. The number of nitrogens with one attached hydrogen (secondary N) is 1. The molecule has 0 aromatic carbocycles. The van der Waals surface area contributed by atoms with Crippen LogP contribution in [0.2, 0.25) is 0 Å². The van der Waals surface area contributed by atoms with Crippen LogP contribution >= 0.6 is 0 Å². The van der Waals surface area contributed by atoms with Crippen molar-refractivity contribution in [3.8, 4) is 0 Å². The molecule has 164 valence electrons. The van der Waals surface area contributed by atoms with Crippen molar-refractivity contribution in [3.63, 3.8) is 0 Å². The van der Waals surface area contributed by atoms with Crippen LogP contribution in [0.3, 0.4) is 0 Å². The van der Waals surface area contributed by atoms with E-state index < -0.39 is 6.16 Å².